The Morgan fingerprint density at radius 1 is 1.46 bits per heavy atom. The number of hydrogen-bond donors (Lipinski definition) is 2. The van der Waals surface area contributed by atoms with Crippen molar-refractivity contribution >= 4 is 12.0 Å². The van der Waals surface area contributed by atoms with Gasteiger partial charge in [-0.05, 0) is 43.4 Å². The highest BCUT2D eigenvalue weighted by Crippen LogP contribution is 2.30. The Morgan fingerprint density at radius 2 is 2.17 bits per heavy atom. The van der Waals surface area contributed by atoms with Crippen LogP contribution in [0.2, 0.25) is 0 Å². The van der Waals surface area contributed by atoms with Crippen molar-refractivity contribution in [2.45, 2.75) is 32.2 Å². The number of urea groups is 1. The van der Waals surface area contributed by atoms with Crippen molar-refractivity contribution in [3.8, 4) is 5.75 Å². The molecule has 0 aromatic heterocycles. The van der Waals surface area contributed by atoms with Crippen molar-refractivity contribution in [1.82, 2.24) is 10.2 Å². The molecule has 0 spiro atoms. The fraction of sp³-hybridized carbons (Fsp3) is 0.529. The average molecular weight is 338 g/mol. The van der Waals surface area contributed by atoms with E-state index in [2.05, 4.69) is 5.32 Å². The van der Waals surface area contributed by atoms with E-state index in [1.807, 2.05) is 0 Å². The van der Waals surface area contributed by atoms with Crippen molar-refractivity contribution in [2.24, 2.45) is 5.92 Å². The van der Waals surface area contributed by atoms with Crippen molar-refractivity contribution in [3.05, 3.63) is 29.6 Å². The number of aliphatic carboxylic acids is 1. The molecular formula is C17H23FN2O4. The van der Waals surface area contributed by atoms with Crippen LogP contribution in [0.1, 0.15) is 37.8 Å². The van der Waals surface area contributed by atoms with Crippen LogP contribution in [0.25, 0.3) is 0 Å². The number of carbonyl (C=O) groups excluding carboxylic acids is 1. The van der Waals surface area contributed by atoms with E-state index in [-0.39, 0.29) is 18.7 Å². The normalized spacial score (nSPS) is 14.8. The standard InChI is InChI=1S/C17H23FN2O4/c1-11(19-17(23)20(2)8-7-16(21)22)13-5-6-15(14(18)9-13)24-10-12-3-4-12/h5-6,9,11-12H,3-4,7-8,10H2,1-2H3,(H,19,23)(H,21,22). The van der Waals surface area contributed by atoms with Gasteiger partial charge in [-0.25, -0.2) is 9.18 Å². The molecule has 2 rings (SSSR count). The lowest BCUT2D eigenvalue weighted by atomic mass is 10.1. The molecule has 7 heteroatoms. The molecule has 2 N–H and O–H groups in total. The highest BCUT2D eigenvalue weighted by atomic mass is 19.1. The summed E-state index contributed by atoms with van der Waals surface area (Å²) in [5.74, 6) is -0.647. The largest absolute Gasteiger partial charge is 0.490 e. The molecule has 1 aliphatic rings. The topological polar surface area (TPSA) is 78.9 Å². The van der Waals surface area contributed by atoms with E-state index in [9.17, 15) is 14.0 Å². The fourth-order valence-corrected chi connectivity index (χ4v) is 2.14. The van der Waals surface area contributed by atoms with Crippen molar-refractivity contribution in [3.63, 3.8) is 0 Å². The van der Waals surface area contributed by atoms with Crippen LogP contribution < -0.4 is 10.1 Å². The summed E-state index contributed by atoms with van der Waals surface area (Å²) in [5.41, 5.74) is 0.617. The average Bonchev–Trinajstić information content (AvgIpc) is 3.35. The van der Waals surface area contributed by atoms with Crippen LogP contribution >= 0.6 is 0 Å². The number of ether oxygens (including phenoxy) is 1. The molecule has 1 aliphatic carbocycles. The van der Waals surface area contributed by atoms with Crippen LogP contribution in [0.5, 0.6) is 5.75 Å². The van der Waals surface area contributed by atoms with Gasteiger partial charge in [-0.3, -0.25) is 4.79 Å². The number of amides is 2. The predicted molar refractivity (Wildman–Crippen MR) is 86.4 cm³/mol. The molecule has 2 amide bonds. The van der Waals surface area contributed by atoms with Gasteiger partial charge in [0.25, 0.3) is 0 Å². The smallest absolute Gasteiger partial charge is 0.317 e. The SMILES string of the molecule is CC(NC(=O)N(C)CCC(=O)O)c1ccc(OCC2CC2)c(F)c1. The van der Waals surface area contributed by atoms with Gasteiger partial charge in [-0.2, -0.15) is 0 Å². The first kappa shape index (κ1) is 18.0. The minimum absolute atomic E-state index is 0.107. The number of halogens is 1. The van der Waals surface area contributed by atoms with Crippen molar-refractivity contribution in [2.75, 3.05) is 20.2 Å². The van der Waals surface area contributed by atoms with Crippen LogP contribution in [-0.4, -0.2) is 42.2 Å². The van der Waals surface area contributed by atoms with Gasteiger partial charge in [0.15, 0.2) is 11.6 Å². The highest BCUT2D eigenvalue weighted by molar-refractivity contribution is 5.75. The number of rotatable bonds is 8. The van der Waals surface area contributed by atoms with Gasteiger partial charge < -0.3 is 20.1 Å². The first-order chi connectivity index (χ1) is 11.4. The molecule has 0 aliphatic heterocycles. The highest BCUT2D eigenvalue weighted by Gasteiger charge is 2.22. The molecule has 1 fully saturated rings. The van der Waals surface area contributed by atoms with Gasteiger partial charge in [-0.15, -0.1) is 0 Å². The van der Waals surface area contributed by atoms with E-state index in [4.69, 9.17) is 9.84 Å². The number of carbonyl (C=O) groups is 2. The van der Waals surface area contributed by atoms with Gasteiger partial charge in [-0.1, -0.05) is 6.07 Å². The van der Waals surface area contributed by atoms with E-state index in [1.54, 1.807) is 19.1 Å². The molecule has 24 heavy (non-hydrogen) atoms. The molecule has 6 nitrogen and oxygen atoms in total. The summed E-state index contributed by atoms with van der Waals surface area (Å²) in [6.07, 6.45) is 2.15. The van der Waals surface area contributed by atoms with E-state index >= 15 is 0 Å². The molecule has 132 valence electrons. The van der Waals surface area contributed by atoms with Crippen LogP contribution in [0, 0.1) is 11.7 Å². The Labute approximate surface area is 140 Å². The third-order valence-electron chi connectivity index (χ3n) is 3.98. The lowest BCUT2D eigenvalue weighted by Crippen LogP contribution is -2.39. The monoisotopic (exact) mass is 338 g/mol. The van der Waals surface area contributed by atoms with Crippen molar-refractivity contribution in [1.29, 1.82) is 0 Å². The number of nitrogens with one attached hydrogen (secondary N) is 1. The van der Waals surface area contributed by atoms with Gasteiger partial charge in [0.2, 0.25) is 0 Å². The summed E-state index contributed by atoms with van der Waals surface area (Å²) in [6, 6.07) is 3.83. The number of nitrogens with zero attached hydrogens (tertiary/aromatic N) is 1. The third-order valence-corrected chi connectivity index (χ3v) is 3.98. The van der Waals surface area contributed by atoms with E-state index < -0.39 is 23.9 Å². The molecule has 0 saturated heterocycles. The molecule has 1 aromatic rings. The Hall–Kier alpha value is -2.31. The zero-order valence-electron chi connectivity index (χ0n) is 13.9. The van der Waals surface area contributed by atoms with Crippen LogP contribution in [0.4, 0.5) is 9.18 Å². The lowest BCUT2D eigenvalue weighted by molar-refractivity contribution is -0.137. The van der Waals surface area contributed by atoms with Gasteiger partial charge in [0.05, 0.1) is 19.1 Å². The maximum Gasteiger partial charge on any atom is 0.317 e. The second-order valence-electron chi connectivity index (χ2n) is 6.18. The maximum absolute atomic E-state index is 14.1. The third kappa shape index (κ3) is 5.40. The number of carboxylic acid groups (broad SMARTS) is 1. The lowest BCUT2D eigenvalue weighted by Gasteiger charge is -2.21. The Bertz CT molecular complexity index is 604. The van der Waals surface area contributed by atoms with Crippen LogP contribution in [-0.2, 0) is 4.79 Å². The van der Waals surface area contributed by atoms with Gasteiger partial charge in [0.1, 0.15) is 0 Å². The van der Waals surface area contributed by atoms with Gasteiger partial charge in [0, 0.05) is 13.6 Å². The number of hydrogen-bond acceptors (Lipinski definition) is 3. The summed E-state index contributed by atoms with van der Waals surface area (Å²) in [6.45, 7) is 2.38. The number of benzene rings is 1. The maximum atomic E-state index is 14.1. The van der Waals surface area contributed by atoms with E-state index in [0.717, 1.165) is 12.8 Å². The van der Waals surface area contributed by atoms with Crippen molar-refractivity contribution < 1.29 is 23.8 Å². The van der Waals surface area contributed by atoms with E-state index in [0.29, 0.717) is 18.1 Å². The summed E-state index contributed by atoms with van der Waals surface area (Å²) >= 11 is 0. The Kier molecular flexibility index (Phi) is 6.00. The minimum atomic E-state index is -0.966. The molecule has 1 aromatic carbocycles. The zero-order chi connectivity index (χ0) is 17.7. The summed E-state index contributed by atoms with van der Waals surface area (Å²) in [7, 11) is 1.51. The van der Waals surface area contributed by atoms with E-state index in [1.165, 1.54) is 18.0 Å². The second kappa shape index (κ2) is 7.99. The Balaban J connectivity index is 1.88. The minimum Gasteiger partial charge on any atom is -0.490 e. The summed E-state index contributed by atoms with van der Waals surface area (Å²) < 4.78 is 19.5. The second-order valence-corrected chi connectivity index (χ2v) is 6.18. The molecular weight excluding hydrogens is 315 g/mol. The molecule has 0 heterocycles. The van der Waals surface area contributed by atoms with Gasteiger partial charge >= 0.3 is 12.0 Å². The molecule has 1 atom stereocenters. The van der Waals surface area contributed by atoms with Crippen LogP contribution in [0.15, 0.2) is 18.2 Å². The zero-order valence-corrected chi connectivity index (χ0v) is 13.9. The Morgan fingerprint density at radius 3 is 2.75 bits per heavy atom. The fourth-order valence-electron chi connectivity index (χ4n) is 2.14. The predicted octanol–water partition coefficient (Wildman–Crippen LogP) is 2.79. The number of carboxylic acids is 1. The molecule has 1 unspecified atom stereocenters. The molecule has 0 bridgehead atoms. The molecule has 0 radical (unpaired) electrons. The first-order valence-corrected chi connectivity index (χ1v) is 8.02. The first-order valence-electron chi connectivity index (χ1n) is 8.02. The summed E-state index contributed by atoms with van der Waals surface area (Å²) in [4.78, 5) is 23.8. The van der Waals surface area contributed by atoms with Crippen LogP contribution in [0.3, 0.4) is 0 Å². The molecule has 1 saturated carbocycles. The summed E-state index contributed by atoms with van der Waals surface area (Å²) in [5, 5.41) is 11.3. The quantitative estimate of drug-likeness (QED) is 0.764.